The van der Waals surface area contributed by atoms with E-state index in [1.165, 1.54) is 11.1 Å². The maximum absolute atomic E-state index is 5.63. The van der Waals surface area contributed by atoms with E-state index in [1.807, 2.05) is 26.0 Å². The van der Waals surface area contributed by atoms with Crippen molar-refractivity contribution >= 4 is 11.8 Å². The van der Waals surface area contributed by atoms with E-state index >= 15 is 0 Å². The van der Waals surface area contributed by atoms with Crippen LogP contribution in [0, 0.1) is 6.92 Å². The van der Waals surface area contributed by atoms with E-state index in [4.69, 9.17) is 4.42 Å². The summed E-state index contributed by atoms with van der Waals surface area (Å²) < 4.78 is 5.63. The Bertz CT molecular complexity index is 698. The van der Waals surface area contributed by atoms with Gasteiger partial charge in [-0.05, 0) is 24.6 Å². The van der Waals surface area contributed by atoms with Crippen LogP contribution >= 0.6 is 11.8 Å². The molecular formula is C17H19N3OS. The molecule has 0 unspecified atom stereocenters. The van der Waals surface area contributed by atoms with Crippen LogP contribution in [-0.4, -0.2) is 15.2 Å². The second-order valence-corrected chi connectivity index (χ2v) is 5.31. The summed E-state index contributed by atoms with van der Waals surface area (Å²) in [5.74, 6) is 1.35. The number of benzene rings is 1. The maximum Gasteiger partial charge on any atom is 0.277 e. The second-order valence-electron chi connectivity index (χ2n) is 4.39. The molecule has 0 aliphatic heterocycles. The van der Waals surface area contributed by atoms with Crippen LogP contribution < -0.4 is 0 Å². The van der Waals surface area contributed by atoms with E-state index < -0.39 is 0 Å². The largest absolute Gasteiger partial charge is 0.411 e. The van der Waals surface area contributed by atoms with Gasteiger partial charge in [-0.1, -0.05) is 55.4 Å². The molecule has 0 saturated carbocycles. The Balaban J connectivity index is 0.000000847. The second kappa shape index (κ2) is 8.34. The van der Waals surface area contributed by atoms with Gasteiger partial charge in [0.25, 0.3) is 5.22 Å². The van der Waals surface area contributed by atoms with Crippen LogP contribution in [0.4, 0.5) is 0 Å². The summed E-state index contributed by atoms with van der Waals surface area (Å²) in [6, 6.07) is 12.1. The minimum absolute atomic E-state index is 0.527. The molecule has 22 heavy (non-hydrogen) atoms. The highest BCUT2D eigenvalue weighted by Crippen LogP contribution is 2.25. The predicted molar refractivity (Wildman–Crippen MR) is 89.6 cm³/mol. The highest BCUT2D eigenvalue weighted by molar-refractivity contribution is 7.98. The SMILES string of the molecule is CC.Cc1cccc(CSc2nnc(-c3ccncc3)o2)c1. The zero-order chi connectivity index (χ0) is 15.8. The molecule has 114 valence electrons. The third-order valence-corrected chi connectivity index (χ3v) is 3.67. The van der Waals surface area contributed by atoms with Crippen LogP contribution in [0.2, 0.25) is 0 Å². The predicted octanol–water partition coefficient (Wildman–Crippen LogP) is 4.76. The van der Waals surface area contributed by atoms with Crippen molar-refractivity contribution in [3.05, 3.63) is 59.9 Å². The first-order valence-corrected chi connectivity index (χ1v) is 8.22. The lowest BCUT2D eigenvalue weighted by Gasteiger charge is -1.99. The molecule has 0 bridgehead atoms. The lowest BCUT2D eigenvalue weighted by atomic mass is 10.2. The van der Waals surface area contributed by atoms with Gasteiger partial charge in [-0.2, -0.15) is 0 Å². The van der Waals surface area contributed by atoms with Crippen molar-refractivity contribution in [1.29, 1.82) is 0 Å². The Morgan fingerprint density at radius 2 is 1.82 bits per heavy atom. The first-order valence-electron chi connectivity index (χ1n) is 7.23. The standard InChI is InChI=1S/C15H13N3OS.C2H6/c1-11-3-2-4-12(9-11)10-20-15-18-17-14(19-15)13-5-7-16-8-6-13;1-2/h2-9H,10H2,1H3;1-2H3. The van der Waals surface area contributed by atoms with Crippen molar-refractivity contribution in [3.8, 4) is 11.5 Å². The summed E-state index contributed by atoms with van der Waals surface area (Å²) in [6.07, 6.45) is 3.41. The number of thioether (sulfide) groups is 1. The van der Waals surface area contributed by atoms with Crippen molar-refractivity contribution in [2.24, 2.45) is 0 Å². The fraction of sp³-hybridized carbons (Fsp3) is 0.235. The van der Waals surface area contributed by atoms with Crippen LogP contribution in [0.25, 0.3) is 11.5 Å². The summed E-state index contributed by atoms with van der Waals surface area (Å²) in [4.78, 5) is 3.97. The quantitative estimate of drug-likeness (QED) is 0.650. The third kappa shape index (κ3) is 4.43. The summed E-state index contributed by atoms with van der Waals surface area (Å²) in [6.45, 7) is 6.09. The van der Waals surface area contributed by atoms with Gasteiger partial charge in [0, 0.05) is 23.7 Å². The number of pyridine rings is 1. The van der Waals surface area contributed by atoms with Crippen molar-refractivity contribution in [1.82, 2.24) is 15.2 Å². The molecule has 3 aromatic rings. The van der Waals surface area contributed by atoms with Crippen molar-refractivity contribution in [2.45, 2.75) is 31.7 Å². The average molecular weight is 313 g/mol. The maximum atomic E-state index is 5.63. The van der Waals surface area contributed by atoms with E-state index in [0.29, 0.717) is 11.1 Å². The number of nitrogens with zero attached hydrogens (tertiary/aromatic N) is 3. The Morgan fingerprint density at radius 3 is 2.55 bits per heavy atom. The van der Waals surface area contributed by atoms with E-state index in [1.54, 1.807) is 24.2 Å². The number of rotatable bonds is 4. The van der Waals surface area contributed by atoms with E-state index in [-0.39, 0.29) is 0 Å². The first-order chi connectivity index (χ1) is 10.8. The van der Waals surface area contributed by atoms with Gasteiger partial charge in [-0.15, -0.1) is 10.2 Å². The molecule has 0 spiro atoms. The van der Waals surface area contributed by atoms with Gasteiger partial charge in [-0.3, -0.25) is 4.98 Å². The van der Waals surface area contributed by atoms with Crippen LogP contribution in [0.15, 0.2) is 58.4 Å². The van der Waals surface area contributed by atoms with Gasteiger partial charge in [0.05, 0.1) is 0 Å². The number of aromatic nitrogens is 3. The summed E-state index contributed by atoms with van der Waals surface area (Å²) >= 11 is 1.54. The van der Waals surface area contributed by atoms with Gasteiger partial charge < -0.3 is 4.42 Å². The smallest absolute Gasteiger partial charge is 0.277 e. The monoisotopic (exact) mass is 313 g/mol. The Kier molecular flexibility index (Phi) is 6.15. The van der Waals surface area contributed by atoms with Crippen molar-refractivity contribution in [2.75, 3.05) is 0 Å². The van der Waals surface area contributed by atoms with Crippen molar-refractivity contribution < 1.29 is 4.42 Å². The number of aryl methyl sites for hydroxylation is 1. The summed E-state index contributed by atoms with van der Waals surface area (Å²) in [5.41, 5.74) is 3.39. The zero-order valence-electron chi connectivity index (χ0n) is 13.0. The summed E-state index contributed by atoms with van der Waals surface area (Å²) in [5, 5.41) is 8.69. The molecule has 2 heterocycles. The zero-order valence-corrected chi connectivity index (χ0v) is 13.8. The fourth-order valence-corrected chi connectivity index (χ4v) is 2.53. The molecule has 0 aliphatic carbocycles. The van der Waals surface area contributed by atoms with Gasteiger partial charge in [0.1, 0.15) is 0 Å². The molecule has 0 amide bonds. The van der Waals surface area contributed by atoms with Crippen LogP contribution in [0.1, 0.15) is 25.0 Å². The minimum Gasteiger partial charge on any atom is -0.411 e. The molecule has 0 atom stereocenters. The van der Waals surface area contributed by atoms with Gasteiger partial charge in [0.2, 0.25) is 5.89 Å². The van der Waals surface area contributed by atoms with Gasteiger partial charge in [-0.25, -0.2) is 0 Å². The molecule has 2 aromatic heterocycles. The van der Waals surface area contributed by atoms with Crippen LogP contribution in [0.5, 0.6) is 0 Å². The molecule has 0 radical (unpaired) electrons. The molecule has 0 N–H and O–H groups in total. The lowest BCUT2D eigenvalue weighted by molar-refractivity contribution is 0.466. The molecular weight excluding hydrogens is 294 g/mol. The van der Waals surface area contributed by atoms with Crippen LogP contribution in [-0.2, 0) is 5.75 Å². The Morgan fingerprint density at radius 1 is 1.05 bits per heavy atom. The van der Waals surface area contributed by atoms with Gasteiger partial charge >= 0.3 is 0 Å². The van der Waals surface area contributed by atoms with Gasteiger partial charge in [0.15, 0.2) is 0 Å². The minimum atomic E-state index is 0.527. The molecule has 1 aromatic carbocycles. The number of hydrogen-bond donors (Lipinski definition) is 0. The molecule has 0 aliphatic rings. The van der Waals surface area contributed by atoms with Crippen LogP contribution in [0.3, 0.4) is 0 Å². The average Bonchev–Trinajstić information content (AvgIpc) is 3.05. The summed E-state index contributed by atoms with van der Waals surface area (Å²) in [7, 11) is 0. The van der Waals surface area contributed by atoms with E-state index in [2.05, 4.69) is 46.4 Å². The Hall–Kier alpha value is -2.14. The van der Waals surface area contributed by atoms with E-state index in [9.17, 15) is 0 Å². The molecule has 4 nitrogen and oxygen atoms in total. The molecule has 5 heteroatoms. The normalized spacial score (nSPS) is 9.95. The topological polar surface area (TPSA) is 51.8 Å². The molecule has 0 fully saturated rings. The number of hydrogen-bond acceptors (Lipinski definition) is 5. The third-order valence-electron chi connectivity index (χ3n) is 2.78. The lowest BCUT2D eigenvalue weighted by Crippen LogP contribution is -1.81. The van der Waals surface area contributed by atoms with E-state index in [0.717, 1.165) is 11.3 Å². The fourth-order valence-electron chi connectivity index (χ4n) is 1.83. The molecule has 0 saturated heterocycles. The highest BCUT2D eigenvalue weighted by atomic mass is 32.2. The van der Waals surface area contributed by atoms with Crippen molar-refractivity contribution in [3.63, 3.8) is 0 Å². The highest BCUT2D eigenvalue weighted by Gasteiger charge is 2.08. The molecule has 3 rings (SSSR count). The Labute approximate surface area is 135 Å². The first kappa shape index (κ1) is 16.2.